The predicted molar refractivity (Wildman–Crippen MR) is 399 cm³/mol. The number of hydrogen-bond acceptors (Lipinski definition) is 15. The Labute approximate surface area is 594 Å². The third kappa shape index (κ3) is 70.2. The Hall–Kier alpha value is -4.28. The lowest BCUT2D eigenvalue weighted by Gasteiger charge is -2.21. The minimum atomic E-state index is -4.98. The number of carbonyl (C=O) groups is 4. The largest absolute Gasteiger partial charge is 0.472 e. The van der Waals surface area contributed by atoms with Crippen LogP contribution in [0.3, 0.4) is 0 Å². The van der Waals surface area contributed by atoms with E-state index in [1.807, 2.05) is 0 Å². The number of unbranched alkanes of at least 4 members (excludes halogenated alkanes) is 27. The second kappa shape index (κ2) is 71.1. The Balaban J connectivity index is 5.36. The number of phosphoric ester groups is 2. The average Bonchev–Trinajstić information content (AvgIpc) is 0.986. The van der Waals surface area contributed by atoms with Crippen LogP contribution in [-0.4, -0.2) is 96.7 Å². The van der Waals surface area contributed by atoms with E-state index in [4.69, 9.17) is 37.0 Å². The zero-order chi connectivity index (χ0) is 71.8. The van der Waals surface area contributed by atoms with Gasteiger partial charge in [0.25, 0.3) is 0 Å². The van der Waals surface area contributed by atoms with Crippen molar-refractivity contribution in [1.29, 1.82) is 0 Å². The van der Waals surface area contributed by atoms with Gasteiger partial charge in [-0.25, -0.2) is 9.13 Å². The molecule has 0 aromatic heterocycles. The summed E-state index contributed by atoms with van der Waals surface area (Å²) in [7, 11) is -9.96. The lowest BCUT2D eigenvalue weighted by Crippen LogP contribution is -2.30. The fourth-order valence-electron chi connectivity index (χ4n) is 9.91. The van der Waals surface area contributed by atoms with Crippen LogP contribution in [0.2, 0.25) is 0 Å². The highest BCUT2D eigenvalue weighted by molar-refractivity contribution is 7.47. The van der Waals surface area contributed by atoms with Crippen molar-refractivity contribution in [2.75, 3.05) is 39.6 Å². The second-order valence-electron chi connectivity index (χ2n) is 25.2. The third-order valence-electron chi connectivity index (χ3n) is 15.7. The van der Waals surface area contributed by atoms with Crippen molar-refractivity contribution in [1.82, 2.24) is 0 Å². The summed E-state index contributed by atoms with van der Waals surface area (Å²) in [5.74, 6) is -2.23. The van der Waals surface area contributed by atoms with E-state index in [2.05, 4.69) is 137 Å². The summed E-state index contributed by atoms with van der Waals surface area (Å²) in [6, 6.07) is 0. The van der Waals surface area contributed by atoms with Crippen molar-refractivity contribution >= 4 is 39.5 Å². The quantitative estimate of drug-likeness (QED) is 0.0169. The lowest BCUT2D eigenvalue weighted by atomic mass is 10.1. The van der Waals surface area contributed by atoms with Crippen LogP contribution < -0.4 is 0 Å². The molecule has 17 nitrogen and oxygen atoms in total. The zero-order valence-corrected chi connectivity index (χ0v) is 63.2. The van der Waals surface area contributed by atoms with E-state index in [0.717, 1.165) is 180 Å². The lowest BCUT2D eigenvalue weighted by molar-refractivity contribution is -0.161. The maximum absolute atomic E-state index is 13.1. The van der Waals surface area contributed by atoms with Gasteiger partial charge in [0.1, 0.15) is 19.3 Å². The number of hydrogen-bond donors (Lipinski definition) is 3. The first-order valence-electron chi connectivity index (χ1n) is 38.1. The highest BCUT2D eigenvalue weighted by Crippen LogP contribution is 2.45. The summed E-state index contributed by atoms with van der Waals surface area (Å²) in [6.45, 7) is 4.55. The van der Waals surface area contributed by atoms with Gasteiger partial charge in [0.2, 0.25) is 0 Å². The van der Waals surface area contributed by atoms with Crippen LogP contribution in [-0.2, 0) is 65.4 Å². The Bertz CT molecular complexity index is 2290. The Morgan fingerprint density at radius 1 is 0.296 bits per heavy atom. The molecule has 3 N–H and O–H groups in total. The number of allylic oxidation sites excluding steroid dienone is 18. The van der Waals surface area contributed by atoms with Gasteiger partial charge in [0.05, 0.1) is 26.4 Å². The van der Waals surface area contributed by atoms with Crippen LogP contribution in [0.1, 0.15) is 310 Å². The van der Waals surface area contributed by atoms with Gasteiger partial charge in [0.15, 0.2) is 12.2 Å². The molecule has 0 rings (SSSR count). The molecule has 0 fully saturated rings. The number of carbonyl (C=O) groups excluding carboxylic acids is 4. The van der Waals surface area contributed by atoms with Crippen LogP contribution in [0.4, 0.5) is 0 Å². The molecule has 0 aromatic carbocycles. The van der Waals surface area contributed by atoms with Gasteiger partial charge in [-0.3, -0.25) is 37.3 Å². The van der Waals surface area contributed by atoms with Crippen molar-refractivity contribution in [2.45, 2.75) is 329 Å². The monoisotopic (exact) mass is 1420 g/mol. The smallest absolute Gasteiger partial charge is 0.462 e. The van der Waals surface area contributed by atoms with Crippen LogP contribution in [0.5, 0.6) is 0 Å². The predicted octanol–water partition coefficient (Wildman–Crippen LogP) is 21.8. The van der Waals surface area contributed by atoms with Gasteiger partial charge < -0.3 is 33.8 Å². The van der Waals surface area contributed by atoms with Crippen molar-refractivity contribution in [3.05, 3.63) is 109 Å². The van der Waals surface area contributed by atoms with E-state index >= 15 is 0 Å². The molecule has 0 saturated heterocycles. The molecule has 19 heteroatoms. The molecule has 0 bridgehead atoms. The van der Waals surface area contributed by atoms with Crippen LogP contribution in [0.25, 0.3) is 0 Å². The highest BCUT2D eigenvalue weighted by atomic mass is 31.2. The van der Waals surface area contributed by atoms with Gasteiger partial charge >= 0.3 is 39.5 Å². The Kier molecular flexibility index (Phi) is 68.0. The summed E-state index contributed by atoms with van der Waals surface area (Å²) in [5, 5.41) is 10.6. The molecule has 0 radical (unpaired) electrons. The molecule has 0 aromatic rings. The van der Waals surface area contributed by atoms with Gasteiger partial charge in [-0.15, -0.1) is 0 Å². The zero-order valence-electron chi connectivity index (χ0n) is 61.4. The maximum Gasteiger partial charge on any atom is 0.472 e. The number of aliphatic hydroxyl groups is 1. The summed E-state index contributed by atoms with van der Waals surface area (Å²) in [4.78, 5) is 72.8. The maximum atomic E-state index is 13.1. The molecule has 0 aliphatic carbocycles. The van der Waals surface area contributed by atoms with Gasteiger partial charge in [-0.2, -0.15) is 0 Å². The number of phosphoric acid groups is 2. The Morgan fingerprint density at radius 3 is 0.857 bits per heavy atom. The van der Waals surface area contributed by atoms with E-state index < -0.39 is 97.5 Å². The van der Waals surface area contributed by atoms with Crippen molar-refractivity contribution in [2.24, 2.45) is 0 Å². The van der Waals surface area contributed by atoms with Crippen molar-refractivity contribution in [3.8, 4) is 0 Å². The van der Waals surface area contributed by atoms with Crippen molar-refractivity contribution < 1.29 is 80.2 Å². The van der Waals surface area contributed by atoms with Crippen LogP contribution >= 0.6 is 15.6 Å². The van der Waals surface area contributed by atoms with Gasteiger partial charge in [0, 0.05) is 25.7 Å². The fraction of sp³-hybridized carbons (Fsp3) is 0.722. The number of esters is 4. The third-order valence-corrected chi connectivity index (χ3v) is 17.6. The number of aliphatic hydroxyl groups excluding tert-OH is 1. The molecule has 564 valence electrons. The minimum Gasteiger partial charge on any atom is -0.462 e. The fourth-order valence-corrected chi connectivity index (χ4v) is 11.5. The van der Waals surface area contributed by atoms with Crippen molar-refractivity contribution in [3.63, 3.8) is 0 Å². The van der Waals surface area contributed by atoms with E-state index in [1.165, 1.54) is 51.4 Å². The number of ether oxygens (including phenoxy) is 4. The molecule has 0 spiro atoms. The van der Waals surface area contributed by atoms with E-state index in [-0.39, 0.29) is 25.7 Å². The molecule has 98 heavy (non-hydrogen) atoms. The molecule has 5 atom stereocenters. The van der Waals surface area contributed by atoms with Crippen LogP contribution in [0, 0.1) is 0 Å². The summed E-state index contributed by atoms with van der Waals surface area (Å²) >= 11 is 0. The molecule has 0 aliphatic rings. The van der Waals surface area contributed by atoms with E-state index in [1.54, 1.807) is 0 Å². The molecule has 5 unspecified atom stereocenters. The number of rotatable bonds is 71. The minimum absolute atomic E-state index is 0.0773. The highest BCUT2D eigenvalue weighted by Gasteiger charge is 2.30. The first kappa shape index (κ1) is 93.7. The van der Waals surface area contributed by atoms with E-state index in [0.29, 0.717) is 25.7 Å². The molecular weight excluding hydrogens is 1280 g/mol. The summed E-state index contributed by atoms with van der Waals surface area (Å²) < 4.78 is 68.4. The first-order valence-corrected chi connectivity index (χ1v) is 41.1. The SMILES string of the molecule is CC/C=C\C/C=C\C/C=C\C/C=C\CCCCCCC(=O)OCC(COP(=O)(O)OCC(O)COP(=O)(O)OCC(COC(=O)CCCCCCC/C=C\C/C=C\C/C=C\CC)OC(=O)CCCCCCC/C=C\CCCCCCCC)OC(=O)CCCCCCC/C=C\CCCC. The summed E-state index contributed by atoms with van der Waals surface area (Å²) in [6.07, 6.45) is 75.1. The van der Waals surface area contributed by atoms with Gasteiger partial charge in [-0.05, 0) is 141 Å². The molecule has 0 aliphatic heterocycles. The molecule has 0 heterocycles. The molecular formula is C79H136O17P2. The van der Waals surface area contributed by atoms with E-state index in [9.17, 15) is 43.2 Å². The molecule has 0 amide bonds. The normalized spacial score (nSPS) is 14.6. The Morgan fingerprint density at radius 2 is 0.541 bits per heavy atom. The second-order valence-corrected chi connectivity index (χ2v) is 28.1. The molecule has 0 saturated carbocycles. The van der Waals surface area contributed by atoms with Gasteiger partial charge in [-0.1, -0.05) is 253 Å². The van der Waals surface area contributed by atoms with Crippen LogP contribution in [0.15, 0.2) is 109 Å². The average molecular weight is 1420 g/mol. The summed E-state index contributed by atoms with van der Waals surface area (Å²) in [5.41, 5.74) is 0. The topological polar surface area (TPSA) is 237 Å². The standard InChI is InChI=1S/C79H136O17P2/c1-5-9-13-17-21-25-29-32-35-36-39-41-45-48-52-56-60-64-77(82)89-69-74(95-78(83)65-61-57-53-49-43-28-24-20-16-12-8-4)71-93-97(85,86)91-67-73(80)68-92-98(87,88)94-72-75(96-79(84)66-62-58-54-50-46-42-38-34-31-27-23-19-15-11-7-3)70-90-76(81)63-59-55-51-47-44-40-37-33-30-26-22-18-14-10-6-2/h9-10,13-14,20-22,24-26,32-35,37-39,41,73-75,80H,5-8,11-12,15-19,23,27-31,36,40,42-72H2,1-4H3,(H,85,86)(H,87,88)/b13-9-,14-10-,24-20-,25-21-,26-22-,35-32-,37-33-,38-34-,41-39-. The first-order chi connectivity index (χ1) is 47.7.